The Balaban J connectivity index is 1.33. The standard InChI is InChI=1S/C43H42N3O11P/c1-31(27-47)40-26-41(48)44(40)58(34-16-5-2-6-17-34,35-18-7-3-8-19-35,36-20-9-4-10-21-36)30-42(49)56-29-37-32(15-13-23-39(37)46(53)54)24-25-55-43(50)57-28-33-14-11-12-22-38(33)45(51)52/h2-23,31,40,47H,24-30H2,1H3. The second kappa shape index (κ2) is 17.7. The molecule has 0 saturated carbocycles. The first kappa shape index (κ1) is 41.1. The monoisotopic (exact) mass is 807 g/mol. The second-order valence-electron chi connectivity index (χ2n) is 13.9. The van der Waals surface area contributed by atoms with Crippen LogP contribution in [-0.4, -0.2) is 63.1 Å². The number of hydrogen-bond acceptors (Lipinski definition) is 11. The number of para-hydroxylation sites is 1. The van der Waals surface area contributed by atoms with Crippen molar-refractivity contribution in [3.63, 3.8) is 0 Å². The Kier molecular flexibility index (Phi) is 12.6. The third-order valence-electron chi connectivity index (χ3n) is 10.7. The van der Waals surface area contributed by atoms with E-state index in [4.69, 9.17) is 14.2 Å². The molecule has 1 saturated heterocycles. The maximum absolute atomic E-state index is 14.7. The van der Waals surface area contributed by atoms with E-state index in [-0.39, 0.29) is 66.5 Å². The van der Waals surface area contributed by atoms with E-state index in [1.807, 2.05) is 103 Å². The molecule has 2 atom stereocenters. The van der Waals surface area contributed by atoms with Gasteiger partial charge < -0.3 is 0 Å². The Labute approximate surface area is 334 Å². The van der Waals surface area contributed by atoms with Crippen LogP contribution in [0.5, 0.6) is 0 Å². The summed E-state index contributed by atoms with van der Waals surface area (Å²) in [5.74, 6) is -1.24. The van der Waals surface area contributed by atoms with Gasteiger partial charge in [-0.25, -0.2) is 0 Å². The number of amides is 1. The van der Waals surface area contributed by atoms with Gasteiger partial charge in [0, 0.05) is 6.07 Å². The van der Waals surface area contributed by atoms with Gasteiger partial charge in [-0.15, -0.1) is 0 Å². The number of aliphatic hydroxyl groups is 1. The number of nitro groups is 2. The first-order chi connectivity index (χ1) is 28.0. The van der Waals surface area contributed by atoms with Crippen LogP contribution in [0.25, 0.3) is 0 Å². The van der Waals surface area contributed by atoms with E-state index in [1.54, 1.807) is 12.1 Å². The molecule has 0 spiro atoms. The number of nitro benzene ring substituents is 2. The van der Waals surface area contributed by atoms with Crippen LogP contribution in [0.3, 0.4) is 0 Å². The van der Waals surface area contributed by atoms with Crippen LogP contribution < -0.4 is 15.9 Å². The first-order valence-electron chi connectivity index (χ1n) is 18.6. The molecule has 58 heavy (non-hydrogen) atoms. The van der Waals surface area contributed by atoms with Gasteiger partial charge in [0.25, 0.3) is 5.69 Å². The zero-order valence-corrected chi connectivity index (χ0v) is 32.5. The number of benzene rings is 5. The molecule has 1 heterocycles. The predicted octanol–water partition coefficient (Wildman–Crippen LogP) is 6.12. The van der Waals surface area contributed by atoms with Gasteiger partial charge in [0.05, 0.1) is 10.5 Å². The summed E-state index contributed by atoms with van der Waals surface area (Å²) in [6, 6.07) is 37.8. The average Bonchev–Trinajstić information content (AvgIpc) is 3.24. The van der Waals surface area contributed by atoms with E-state index in [0.29, 0.717) is 5.56 Å². The Morgan fingerprint density at radius 2 is 1.24 bits per heavy atom. The van der Waals surface area contributed by atoms with E-state index >= 15 is 0 Å². The topological polar surface area (TPSA) is 189 Å². The summed E-state index contributed by atoms with van der Waals surface area (Å²) < 4.78 is 18.2. The van der Waals surface area contributed by atoms with Crippen LogP contribution in [0.1, 0.15) is 30.0 Å². The van der Waals surface area contributed by atoms with E-state index in [2.05, 4.69) is 0 Å². The van der Waals surface area contributed by atoms with Crippen LogP contribution in [0.2, 0.25) is 0 Å². The van der Waals surface area contributed by atoms with Crippen molar-refractivity contribution in [1.29, 1.82) is 0 Å². The number of hydrogen-bond donors (Lipinski definition) is 1. The molecular formula is C43H42N3O11P. The summed E-state index contributed by atoms with van der Waals surface area (Å²) in [7, 11) is 0. The zero-order chi connectivity index (χ0) is 41.3. The van der Waals surface area contributed by atoms with Crippen LogP contribution >= 0.6 is 6.75 Å². The van der Waals surface area contributed by atoms with E-state index in [0.717, 1.165) is 15.9 Å². The second-order valence-corrected chi connectivity index (χ2v) is 18.7. The number of carbonyl (C=O) groups is 3. The van der Waals surface area contributed by atoms with Crippen molar-refractivity contribution in [3.05, 3.63) is 170 Å². The molecule has 1 fully saturated rings. The van der Waals surface area contributed by atoms with E-state index < -0.39 is 48.0 Å². The third-order valence-corrected chi connectivity index (χ3v) is 17.3. The van der Waals surface area contributed by atoms with Gasteiger partial charge in [0.2, 0.25) is 0 Å². The molecule has 15 heteroatoms. The van der Waals surface area contributed by atoms with Crippen LogP contribution in [0.15, 0.2) is 133 Å². The van der Waals surface area contributed by atoms with Crippen molar-refractivity contribution in [1.82, 2.24) is 4.67 Å². The Bertz CT molecular complexity index is 2190. The number of aliphatic hydroxyl groups excluding tert-OH is 1. The minimum absolute atomic E-state index is 0.0182. The summed E-state index contributed by atoms with van der Waals surface area (Å²) in [5, 5.41) is 36.2. The predicted molar refractivity (Wildman–Crippen MR) is 217 cm³/mol. The van der Waals surface area contributed by atoms with Gasteiger partial charge in [-0.3, -0.25) is 10.1 Å². The summed E-state index contributed by atoms with van der Waals surface area (Å²) in [6.07, 6.45) is -1.26. The molecular weight excluding hydrogens is 765 g/mol. The normalized spacial score (nSPS) is 14.9. The molecule has 0 aliphatic carbocycles. The molecule has 14 nitrogen and oxygen atoms in total. The zero-order valence-electron chi connectivity index (χ0n) is 31.6. The molecule has 0 bridgehead atoms. The average molecular weight is 808 g/mol. The van der Waals surface area contributed by atoms with Crippen molar-refractivity contribution in [2.75, 3.05) is 19.4 Å². The van der Waals surface area contributed by atoms with Gasteiger partial charge in [0.1, 0.15) is 0 Å². The number of rotatable bonds is 17. The maximum atomic E-state index is 14.7. The first-order valence-corrected chi connectivity index (χ1v) is 20.9. The van der Waals surface area contributed by atoms with Crippen molar-refractivity contribution in [2.45, 2.75) is 39.0 Å². The Morgan fingerprint density at radius 1 is 0.724 bits per heavy atom. The molecule has 5 aromatic carbocycles. The fourth-order valence-corrected chi connectivity index (χ4v) is 14.8. The number of esters is 1. The van der Waals surface area contributed by atoms with Gasteiger partial charge in [-0.1, -0.05) is 12.1 Å². The van der Waals surface area contributed by atoms with Crippen molar-refractivity contribution < 1.29 is 43.5 Å². The van der Waals surface area contributed by atoms with Gasteiger partial charge in [-0.2, -0.15) is 0 Å². The Hall–Kier alpha value is -6.50. The minimum atomic E-state index is -4.41. The van der Waals surface area contributed by atoms with Crippen LogP contribution in [0.4, 0.5) is 16.2 Å². The molecule has 6 rings (SSSR count). The van der Waals surface area contributed by atoms with Gasteiger partial charge in [-0.05, 0) is 6.07 Å². The summed E-state index contributed by atoms with van der Waals surface area (Å²) in [6.45, 7) is -3.93. The molecule has 5 aromatic rings. The fraction of sp³-hybridized carbons (Fsp3) is 0.233. The molecule has 0 radical (unpaired) electrons. The van der Waals surface area contributed by atoms with Gasteiger partial charge >= 0.3 is 284 Å². The number of β-lactam (4-membered cyclic amide) rings is 1. The molecule has 0 aromatic heterocycles. The molecule has 1 N–H and O–H groups in total. The number of ether oxygens (including phenoxy) is 3. The van der Waals surface area contributed by atoms with Crippen molar-refractivity contribution in [3.8, 4) is 0 Å². The molecule has 1 aliphatic rings. The Morgan fingerprint density at radius 3 is 1.78 bits per heavy atom. The van der Waals surface area contributed by atoms with Crippen LogP contribution in [0, 0.1) is 26.1 Å². The van der Waals surface area contributed by atoms with Gasteiger partial charge in [0.15, 0.2) is 0 Å². The van der Waals surface area contributed by atoms with E-state index in [9.17, 15) is 39.7 Å². The molecule has 300 valence electrons. The van der Waals surface area contributed by atoms with Crippen molar-refractivity contribution in [2.24, 2.45) is 5.92 Å². The fourth-order valence-electron chi connectivity index (χ4n) is 7.86. The number of nitrogens with zero attached hydrogens (tertiary/aromatic N) is 3. The molecule has 1 amide bonds. The van der Waals surface area contributed by atoms with Crippen molar-refractivity contribution >= 4 is 52.1 Å². The summed E-state index contributed by atoms with van der Waals surface area (Å²) in [4.78, 5) is 63.8. The number of carbonyl (C=O) groups excluding carboxylic acids is 3. The SMILES string of the molecule is CC(CO)C1CC(=O)N1P(CC(=O)OCc1c(CCOC(=O)OCc2ccccc2[N+](=O)[O-])cccc1[N+](=O)[O-])(c1ccccc1)(c1ccccc1)c1ccccc1. The summed E-state index contributed by atoms with van der Waals surface area (Å²) >= 11 is 0. The van der Waals surface area contributed by atoms with Crippen LogP contribution in [-0.2, 0) is 43.4 Å². The quantitative estimate of drug-likeness (QED) is 0.0375. The van der Waals surface area contributed by atoms with E-state index in [1.165, 1.54) is 30.3 Å². The molecule has 1 aliphatic heterocycles. The summed E-state index contributed by atoms with van der Waals surface area (Å²) in [5.41, 5.74) is 0.0956. The molecule has 2 unspecified atom stereocenters. The third kappa shape index (κ3) is 7.76.